The van der Waals surface area contributed by atoms with Crippen LogP contribution in [0.15, 0.2) is 53.9 Å². The van der Waals surface area contributed by atoms with Gasteiger partial charge in [0.1, 0.15) is 5.83 Å². The Morgan fingerprint density at radius 1 is 1.35 bits per heavy atom. The van der Waals surface area contributed by atoms with Crippen molar-refractivity contribution in [3.05, 3.63) is 54.5 Å². The maximum atomic E-state index is 13.9. The van der Waals surface area contributed by atoms with E-state index >= 15 is 0 Å². The summed E-state index contributed by atoms with van der Waals surface area (Å²) in [6.07, 6.45) is 4.81. The molecule has 0 aromatic heterocycles. The van der Waals surface area contributed by atoms with E-state index in [1.54, 1.807) is 18.2 Å². The summed E-state index contributed by atoms with van der Waals surface area (Å²) in [6, 6.07) is 5.61. The summed E-state index contributed by atoms with van der Waals surface area (Å²) >= 11 is 0. The van der Waals surface area contributed by atoms with E-state index in [1.165, 1.54) is 0 Å². The van der Waals surface area contributed by atoms with Crippen LogP contribution in [0.2, 0.25) is 0 Å². The van der Waals surface area contributed by atoms with Gasteiger partial charge in [0.2, 0.25) is 0 Å². The Morgan fingerprint density at radius 3 is 2.65 bits per heavy atom. The quantitative estimate of drug-likeness (QED) is 0.753. The highest BCUT2D eigenvalue weighted by Gasteiger charge is 2.28. The molecular weight excluding hydrogens is 354 g/mol. The summed E-state index contributed by atoms with van der Waals surface area (Å²) in [5, 5.41) is 3.11. The molecule has 26 heavy (non-hydrogen) atoms. The molecule has 0 saturated carbocycles. The van der Waals surface area contributed by atoms with Gasteiger partial charge in [-0.25, -0.2) is 12.9 Å². The smallest absolute Gasteiger partial charge is 0.124 e. The van der Waals surface area contributed by atoms with E-state index in [0.717, 1.165) is 31.5 Å². The Morgan fingerprint density at radius 2 is 2.04 bits per heavy atom. The molecule has 6 heteroatoms. The first-order valence-electron chi connectivity index (χ1n) is 8.49. The number of hydrogen-bond donors (Lipinski definition) is 1. The number of hydrogen-bond acceptors (Lipinski definition) is 2. The van der Waals surface area contributed by atoms with E-state index in [2.05, 4.69) is 31.3 Å². The number of nitrogens with zero attached hydrogens (tertiary/aromatic N) is 1. The fraction of sp³-hybridized carbons (Fsp3) is 0.350. The first kappa shape index (κ1) is 20.4. The standard InChI is InChI=1S/C19H23FN2OS.CH3F/c1-13-11-17(15(3)20)18-12-16(8-9-19(18)21-13)24(4,23)22-10-6-5-7-14(22)2;1-2/h8-9,11-12,14,21H,1,3-7,10H2,2H3;1H3. The third-order valence-corrected chi connectivity index (χ3v) is 6.97. The number of benzene rings is 1. The van der Waals surface area contributed by atoms with Crippen molar-refractivity contribution in [3.8, 4) is 0 Å². The number of alkyl halides is 1. The molecule has 0 bridgehead atoms. The zero-order valence-corrected chi connectivity index (χ0v) is 16.2. The van der Waals surface area contributed by atoms with Crippen LogP contribution in [0.5, 0.6) is 0 Å². The summed E-state index contributed by atoms with van der Waals surface area (Å²) < 4.78 is 38.8. The van der Waals surface area contributed by atoms with E-state index in [0.29, 0.717) is 28.9 Å². The Bertz CT molecular complexity index is 843. The molecule has 2 aliphatic rings. The fourth-order valence-corrected chi connectivity index (χ4v) is 5.35. The highest BCUT2D eigenvalue weighted by atomic mass is 32.2. The molecule has 1 aromatic rings. The number of nitrogens with one attached hydrogen (secondary N) is 1. The van der Waals surface area contributed by atoms with E-state index in [-0.39, 0.29) is 6.04 Å². The van der Waals surface area contributed by atoms with Crippen molar-refractivity contribution in [1.82, 2.24) is 4.31 Å². The molecule has 2 atom stereocenters. The molecule has 1 saturated heterocycles. The van der Waals surface area contributed by atoms with E-state index in [9.17, 15) is 13.0 Å². The van der Waals surface area contributed by atoms with Gasteiger partial charge in [0.15, 0.2) is 0 Å². The lowest BCUT2D eigenvalue weighted by atomic mass is 9.98. The largest absolute Gasteiger partial charge is 0.355 e. The van der Waals surface area contributed by atoms with Crippen molar-refractivity contribution in [2.75, 3.05) is 19.0 Å². The van der Waals surface area contributed by atoms with E-state index in [4.69, 9.17) is 0 Å². The van der Waals surface area contributed by atoms with Gasteiger partial charge in [0.05, 0.1) is 16.9 Å². The average Bonchev–Trinajstić information content (AvgIpc) is 2.62. The van der Waals surface area contributed by atoms with Gasteiger partial charge in [-0.3, -0.25) is 4.39 Å². The first-order valence-corrected chi connectivity index (χ1v) is 10.2. The highest BCUT2D eigenvalue weighted by molar-refractivity contribution is 7.98. The Balaban J connectivity index is 0.00000117. The zero-order chi connectivity index (χ0) is 19.5. The minimum atomic E-state index is -2.60. The Labute approximate surface area is 155 Å². The second kappa shape index (κ2) is 8.18. The molecule has 0 aliphatic carbocycles. The molecule has 142 valence electrons. The number of allylic oxidation sites excluding steroid dienone is 3. The predicted octanol–water partition coefficient (Wildman–Crippen LogP) is 4.94. The van der Waals surface area contributed by atoms with Gasteiger partial charge >= 0.3 is 0 Å². The van der Waals surface area contributed by atoms with Crippen LogP contribution in [0.25, 0.3) is 5.57 Å². The lowest BCUT2D eigenvalue weighted by Gasteiger charge is -2.36. The lowest BCUT2D eigenvalue weighted by Crippen LogP contribution is -2.41. The second-order valence-corrected chi connectivity index (χ2v) is 8.67. The first-order chi connectivity index (χ1) is 12.3. The van der Waals surface area contributed by atoms with Crippen LogP contribution >= 0.6 is 0 Å². The molecule has 0 radical (unpaired) electrons. The van der Waals surface area contributed by atoms with Crippen LogP contribution in [0.3, 0.4) is 0 Å². The van der Waals surface area contributed by atoms with Crippen molar-refractivity contribution >= 4 is 26.8 Å². The summed E-state index contributed by atoms with van der Waals surface area (Å²) in [4.78, 5) is 0.622. The number of anilines is 1. The van der Waals surface area contributed by atoms with Crippen LogP contribution in [0.1, 0.15) is 31.7 Å². The van der Waals surface area contributed by atoms with Crippen LogP contribution in [-0.4, -0.2) is 34.1 Å². The third kappa shape index (κ3) is 3.91. The van der Waals surface area contributed by atoms with Crippen LogP contribution < -0.4 is 5.32 Å². The normalized spacial score (nSPS) is 22.1. The fourth-order valence-electron chi connectivity index (χ4n) is 3.38. The van der Waals surface area contributed by atoms with Gasteiger partial charge in [-0.2, -0.15) is 0 Å². The van der Waals surface area contributed by atoms with Crippen molar-refractivity contribution in [2.45, 2.75) is 37.1 Å². The molecule has 1 N–H and O–H groups in total. The van der Waals surface area contributed by atoms with E-state index in [1.807, 2.05) is 10.4 Å². The van der Waals surface area contributed by atoms with Crippen molar-refractivity contribution < 1.29 is 13.0 Å². The van der Waals surface area contributed by atoms with Gasteiger partial charge in [-0.05, 0) is 49.9 Å². The molecule has 2 heterocycles. The topological polar surface area (TPSA) is 32.3 Å². The van der Waals surface area contributed by atoms with Crippen molar-refractivity contribution in [2.24, 2.45) is 0 Å². The molecule has 2 unspecified atom stereocenters. The molecule has 1 fully saturated rings. The van der Waals surface area contributed by atoms with Gasteiger partial charge in [0.25, 0.3) is 0 Å². The molecular formula is C20H26F2N2OS. The number of halogens is 2. The van der Waals surface area contributed by atoms with Crippen LogP contribution in [0.4, 0.5) is 14.5 Å². The summed E-state index contributed by atoms with van der Waals surface area (Å²) in [5.41, 5.74) is 2.36. The minimum absolute atomic E-state index is 0.226. The zero-order valence-electron chi connectivity index (χ0n) is 15.4. The third-order valence-electron chi connectivity index (χ3n) is 4.68. The molecule has 2 aliphatic heterocycles. The SMILES string of the molecule is C=C1C=C(C(=C)F)c2cc(S(=C)(=O)N3CCCCC3C)ccc2N1.CF. The van der Waals surface area contributed by atoms with Crippen molar-refractivity contribution in [3.63, 3.8) is 0 Å². The number of fused-ring (bicyclic) bond motifs is 1. The highest BCUT2D eigenvalue weighted by Crippen LogP contribution is 2.37. The average molecular weight is 381 g/mol. The molecule has 3 rings (SSSR count). The molecule has 0 amide bonds. The van der Waals surface area contributed by atoms with Crippen molar-refractivity contribution in [1.29, 1.82) is 0 Å². The molecule has 3 nitrogen and oxygen atoms in total. The minimum Gasteiger partial charge on any atom is -0.355 e. The molecule has 1 aromatic carbocycles. The lowest BCUT2D eigenvalue weighted by molar-refractivity contribution is 0.280. The maximum absolute atomic E-state index is 13.9. The predicted molar refractivity (Wildman–Crippen MR) is 108 cm³/mol. The summed E-state index contributed by atoms with van der Waals surface area (Å²) in [6.45, 7) is 10.1. The summed E-state index contributed by atoms with van der Waals surface area (Å²) in [5.74, 6) is 3.50. The number of piperidine rings is 1. The van der Waals surface area contributed by atoms with Gasteiger partial charge in [-0.15, -0.1) is 0 Å². The monoisotopic (exact) mass is 380 g/mol. The van der Waals surface area contributed by atoms with Gasteiger partial charge in [0, 0.05) is 40.0 Å². The Hall–Kier alpha value is -1.92. The molecule has 0 spiro atoms. The second-order valence-electron chi connectivity index (χ2n) is 6.45. The van der Waals surface area contributed by atoms with Gasteiger partial charge < -0.3 is 5.32 Å². The Kier molecular flexibility index (Phi) is 6.42. The van der Waals surface area contributed by atoms with Gasteiger partial charge in [-0.1, -0.05) is 19.6 Å². The summed E-state index contributed by atoms with van der Waals surface area (Å²) in [7, 11) is -2.10. The maximum Gasteiger partial charge on any atom is 0.124 e. The van der Waals surface area contributed by atoms with Crippen LogP contribution in [0, 0.1) is 0 Å². The number of rotatable bonds is 3. The van der Waals surface area contributed by atoms with E-state index < -0.39 is 15.5 Å². The van der Waals surface area contributed by atoms with Crippen LogP contribution in [-0.2, 0) is 9.71 Å².